The first-order valence-corrected chi connectivity index (χ1v) is 10.5. The lowest BCUT2D eigenvalue weighted by Crippen LogP contribution is -2.13. The Labute approximate surface area is 204 Å². The number of para-hydroxylation sites is 1. The van der Waals surface area contributed by atoms with Gasteiger partial charge in [-0.15, -0.1) is 0 Å². The number of anilines is 1. The highest BCUT2D eigenvalue weighted by molar-refractivity contribution is 6.36. The maximum atomic E-state index is 12.6. The minimum atomic E-state index is -1.03. The highest BCUT2D eigenvalue weighted by Crippen LogP contribution is 2.35. The summed E-state index contributed by atoms with van der Waals surface area (Å²) in [5, 5.41) is 21.9. The molecule has 166 valence electrons. The van der Waals surface area contributed by atoms with E-state index in [1.165, 1.54) is 30.3 Å². The van der Waals surface area contributed by atoms with E-state index in [1.54, 1.807) is 36.4 Å². The molecule has 0 bridgehead atoms. The second kappa shape index (κ2) is 10.9. The standard InChI is InChI=1S/C24H15Cl3N2O4/c25-18-10-16(9-17(12-28)23(30)29-21-4-2-1-3-19(21)26)22(20(27)11-18)33-13-14-5-7-15(8-6-14)24(31)32/h1-11H,13H2,(H,29,30)(H,31,32)/b17-9+. The van der Waals surface area contributed by atoms with Crippen LogP contribution in [0.3, 0.4) is 0 Å². The van der Waals surface area contributed by atoms with Crippen LogP contribution < -0.4 is 10.1 Å². The molecule has 0 saturated heterocycles. The van der Waals surface area contributed by atoms with Gasteiger partial charge in [-0.25, -0.2) is 4.79 Å². The lowest BCUT2D eigenvalue weighted by Gasteiger charge is -2.13. The molecule has 0 aliphatic rings. The Kier molecular flexibility index (Phi) is 7.96. The zero-order valence-corrected chi connectivity index (χ0v) is 19.1. The quantitative estimate of drug-likeness (QED) is 0.285. The Hall–Kier alpha value is -3.50. The number of benzene rings is 3. The highest BCUT2D eigenvalue weighted by Gasteiger charge is 2.15. The van der Waals surface area contributed by atoms with Crippen LogP contribution in [0.25, 0.3) is 6.08 Å². The Morgan fingerprint density at radius 3 is 2.36 bits per heavy atom. The van der Waals surface area contributed by atoms with Crippen LogP contribution in [0.5, 0.6) is 5.75 Å². The van der Waals surface area contributed by atoms with Crippen molar-refractivity contribution in [2.75, 3.05) is 5.32 Å². The van der Waals surface area contributed by atoms with Crippen molar-refractivity contribution < 1.29 is 19.4 Å². The van der Waals surface area contributed by atoms with Gasteiger partial charge in [0.1, 0.15) is 24.0 Å². The van der Waals surface area contributed by atoms with Crippen molar-refractivity contribution in [3.05, 3.63) is 98.0 Å². The number of hydrogen-bond acceptors (Lipinski definition) is 4. The third-order valence-corrected chi connectivity index (χ3v) is 5.24. The van der Waals surface area contributed by atoms with Crippen LogP contribution in [0.2, 0.25) is 15.1 Å². The number of ether oxygens (including phenoxy) is 1. The van der Waals surface area contributed by atoms with Crippen molar-refractivity contribution in [2.24, 2.45) is 0 Å². The predicted octanol–water partition coefficient (Wildman–Crippen LogP) is 6.47. The summed E-state index contributed by atoms with van der Waals surface area (Å²) >= 11 is 18.5. The van der Waals surface area contributed by atoms with E-state index in [9.17, 15) is 14.9 Å². The molecule has 0 aromatic heterocycles. The number of amides is 1. The second-order valence-electron chi connectivity index (χ2n) is 6.70. The van der Waals surface area contributed by atoms with Gasteiger partial charge in [0.2, 0.25) is 0 Å². The summed E-state index contributed by atoms with van der Waals surface area (Å²) in [6.45, 7) is 0.0653. The number of halogens is 3. The molecule has 1 amide bonds. The Morgan fingerprint density at radius 2 is 1.73 bits per heavy atom. The molecule has 6 nitrogen and oxygen atoms in total. The largest absolute Gasteiger partial charge is 0.487 e. The smallest absolute Gasteiger partial charge is 0.335 e. The Bertz CT molecular complexity index is 1280. The summed E-state index contributed by atoms with van der Waals surface area (Å²) in [6.07, 6.45) is 1.31. The molecule has 2 N–H and O–H groups in total. The molecule has 0 spiro atoms. The Morgan fingerprint density at radius 1 is 1.03 bits per heavy atom. The first kappa shape index (κ1) is 24.1. The summed E-state index contributed by atoms with van der Waals surface area (Å²) < 4.78 is 5.83. The summed E-state index contributed by atoms with van der Waals surface area (Å²) in [6, 6.07) is 17.6. The fourth-order valence-electron chi connectivity index (χ4n) is 2.80. The molecule has 0 aliphatic carbocycles. The van der Waals surface area contributed by atoms with Gasteiger partial charge in [-0.2, -0.15) is 5.26 Å². The van der Waals surface area contributed by atoms with Crippen molar-refractivity contribution >= 4 is 58.4 Å². The number of carbonyl (C=O) groups is 2. The van der Waals surface area contributed by atoms with E-state index >= 15 is 0 Å². The summed E-state index contributed by atoms with van der Waals surface area (Å²) in [5.41, 5.74) is 1.30. The van der Waals surface area contributed by atoms with Crippen LogP contribution in [0.15, 0.2) is 66.2 Å². The molecule has 3 aromatic rings. The van der Waals surface area contributed by atoms with Crippen LogP contribution in [-0.2, 0) is 11.4 Å². The van der Waals surface area contributed by atoms with E-state index < -0.39 is 11.9 Å². The van der Waals surface area contributed by atoms with E-state index in [-0.39, 0.29) is 33.5 Å². The maximum Gasteiger partial charge on any atom is 0.335 e. The average Bonchev–Trinajstić information content (AvgIpc) is 2.78. The van der Waals surface area contributed by atoms with Gasteiger partial charge in [-0.1, -0.05) is 59.1 Å². The van der Waals surface area contributed by atoms with Gasteiger partial charge in [-0.05, 0) is 48.0 Å². The average molecular weight is 502 g/mol. The number of rotatable bonds is 7. The van der Waals surface area contributed by atoms with E-state index in [0.29, 0.717) is 21.8 Å². The van der Waals surface area contributed by atoms with Crippen LogP contribution >= 0.6 is 34.8 Å². The molecule has 3 rings (SSSR count). The molecule has 0 radical (unpaired) electrons. The number of nitrogens with one attached hydrogen (secondary N) is 1. The molecule has 0 heterocycles. The number of carboxylic acid groups (broad SMARTS) is 1. The first-order chi connectivity index (χ1) is 15.8. The summed E-state index contributed by atoms with van der Waals surface area (Å²) in [5.74, 6) is -1.49. The zero-order chi connectivity index (χ0) is 24.0. The minimum absolute atomic E-state index is 0.0653. The number of aromatic carboxylic acids is 1. The van der Waals surface area contributed by atoms with E-state index in [2.05, 4.69) is 5.32 Å². The van der Waals surface area contributed by atoms with Gasteiger partial charge in [0.25, 0.3) is 5.91 Å². The monoisotopic (exact) mass is 500 g/mol. The summed E-state index contributed by atoms with van der Waals surface area (Å²) in [4.78, 5) is 23.6. The zero-order valence-electron chi connectivity index (χ0n) is 16.8. The molecule has 0 saturated carbocycles. The SMILES string of the molecule is N#C/C(=C\c1cc(Cl)cc(Cl)c1OCc1ccc(C(=O)O)cc1)C(=O)Nc1ccccc1Cl. The number of nitriles is 1. The number of nitrogens with zero attached hydrogens (tertiary/aromatic N) is 1. The number of hydrogen-bond donors (Lipinski definition) is 2. The third kappa shape index (κ3) is 6.27. The van der Waals surface area contributed by atoms with Crippen LogP contribution in [0.4, 0.5) is 5.69 Å². The van der Waals surface area contributed by atoms with Crippen molar-refractivity contribution in [3.8, 4) is 11.8 Å². The molecular weight excluding hydrogens is 487 g/mol. The normalized spacial score (nSPS) is 10.9. The molecule has 0 aliphatic heterocycles. The lowest BCUT2D eigenvalue weighted by molar-refractivity contribution is -0.112. The highest BCUT2D eigenvalue weighted by atomic mass is 35.5. The van der Waals surface area contributed by atoms with Gasteiger partial charge in [0, 0.05) is 10.6 Å². The van der Waals surface area contributed by atoms with Gasteiger partial charge in [0.05, 0.1) is 21.3 Å². The maximum absolute atomic E-state index is 12.6. The van der Waals surface area contributed by atoms with E-state index in [1.807, 2.05) is 6.07 Å². The van der Waals surface area contributed by atoms with Crippen LogP contribution in [0.1, 0.15) is 21.5 Å². The second-order valence-corrected chi connectivity index (χ2v) is 7.95. The molecule has 0 fully saturated rings. The van der Waals surface area contributed by atoms with Crippen molar-refractivity contribution in [2.45, 2.75) is 6.61 Å². The number of carbonyl (C=O) groups excluding carboxylic acids is 1. The Balaban J connectivity index is 1.87. The molecule has 33 heavy (non-hydrogen) atoms. The van der Waals surface area contributed by atoms with Crippen molar-refractivity contribution in [1.82, 2.24) is 0 Å². The van der Waals surface area contributed by atoms with Crippen LogP contribution in [0, 0.1) is 11.3 Å². The predicted molar refractivity (Wildman–Crippen MR) is 128 cm³/mol. The molecule has 0 atom stereocenters. The van der Waals surface area contributed by atoms with Crippen LogP contribution in [-0.4, -0.2) is 17.0 Å². The fourth-order valence-corrected chi connectivity index (χ4v) is 3.54. The molecule has 3 aromatic carbocycles. The molecular formula is C24H15Cl3N2O4. The lowest BCUT2D eigenvalue weighted by atomic mass is 10.1. The fraction of sp³-hybridized carbons (Fsp3) is 0.0417. The summed E-state index contributed by atoms with van der Waals surface area (Å²) in [7, 11) is 0. The number of carboxylic acids is 1. The van der Waals surface area contributed by atoms with Gasteiger partial charge < -0.3 is 15.2 Å². The first-order valence-electron chi connectivity index (χ1n) is 9.40. The topological polar surface area (TPSA) is 99.4 Å². The van der Waals surface area contributed by atoms with E-state index in [0.717, 1.165) is 0 Å². The minimum Gasteiger partial charge on any atom is -0.487 e. The van der Waals surface area contributed by atoms with E-state index in [4.69, 9.17) is 44.6 Å². The van der Waals surface area contributed by atoms with Gasteiger partial charge in [0.15, 0.2) is 0 Å². The van der Waals surface area contributed by atoms with Crippen molar-refractivity contribution in [3.63, 3.8) is 0 Å². The third-order valence-electron chi connectivity index (χ3n) is 4.41. The van der Waals surface area contributed by atoms with Gasteiger partial charge in [-0.3, -0.25) is 4.79 Å². The van der Waals surface area contributed by atoms with Crippen molar-refractivity contribution in [1.29, 1.82) is 5.26 Å². The van der Waals surface area contributed by atoms with Gasteiger partial charge >= 0.3 is 5.97 Å². The molecule has 9 heteroatoms. The molecule has 0 unspecified atom stereocenters.